The summed E-state index contributed by atoms with van der Waals surface area (Å²) >= 11 is 1.55. The Morgan fingerprint density at radius 3 is 2.94 bits per heavy atom. The molecule has 2 atom stereocenters. The number of carbonyl (C=O) groups is 1. The molecule has 10 heteroatoms. The van der Waals surface area contributed by atoms with Crippen molar-refractivity contribution < 1.29 is 14.3 Å². The van der Waals surface area contributed by atoms with Crippen LogP contribution < -0.4 is 20.1 Å². The van der Waals surface area contributed by atoms with Crippen LogP contribution >= 0.6 is 11.3 Å². The Balaban J connectivity index is 1.45. The van der Waals surface area contributed by atoms with Crippen molar-refractivity contribution in [3.8, 4) is 22.2 Å². The maximum absolute atomic E-state index is 13.5. The van der Waals surface area contributed by atoms with Crippen LogP contribution in [0.15, 0.2) is 72.5 Å². The van der Waals surface area contributed by atoms with Crippen LogP contribution in [0, 0.1) is 5.92 Å². The molecule has 0 fully saturated rings. The van der Waals surface area contributed by atoms with Gasteiger partial charge in [0.25, 0.3) is 0 Å². The third kappa shape index (κ3) is 3.40. The number of rotatable bonds is 4. The Kier molecular flexibility index (Phi) is 4.58. The SMILES string of the molecule is C=C1Nc2nc(-c3cccs3)nn2C(c2ccc3c(c2)OCO3)C1C(=O)Nc1cccnc1. The van der Waals surface area contributed by atoms with Gasteiger partial charge in [-0.25, -0.2) is 4.68 Å². The molecule has 2 unspecified atom stereocenters. The van der Waals surface area contributed by atoms with E-state index in [0.29, 0.717) is 34.7 Å². The van der Waals surface area contributed by atoms with E-state index in [-0.39, 0.29) is 12.7 Å². The molecule has 4 aromatic rings. The average molecular weight is 459 g/mol. The molecule has 0 bridgehead atoms. The molecule has 0 radical (unpaired) electrons. The number of fused-ring (bicyclic) bond motifs is 2. The van der Waals surface area contributed by atoms with Crippen LogP contribution in [0.5, 0.6) is 11.5 Å². The second-order valence-electron chi connectivity index (χ2n) is 7.60. The first-order valence-corrected chi connectivity index (χ1v) is 11.1. The molecule has 6 rings (SSSR count). The van der Waals surface area contributed by atoms with E-state index >= 15 is 0 Å². The highest BCUT2D eigenvalue weighted by Gasteiger charge is 2.41. The Hall–Kier alpha value is -4.18. The second-order valence-corrected chi connectivity index (χ2v) is 8.54. The minimum absolute atomic E-state index is 0.166. The molecular weight excluding hydrogens is 440 g/mol. The van der Waals surface area contributed by atoms with Crippen molar-refractivity contribution >= 4 is 28.9 Å². The van der Waals surface area contributed by atoms with Crippen molar-refractivity contribution in [1.82, 2.24) is 19.7 Å². The van der Waals surface area contributed by atoms with Crippen molar-refractivity contribution in [2.75, 3.05) is 17.4 Å². The molecule has 2 aliphatic heterocycles. The van der Waals surface area contributed by atoms with Gasteiger partial charge >= 0.3 is 0 Å². The zero-order valence-electron chi connectivity index (χ0n) is 17.3. The van der Waals surface area contributed by atoms with Gasteiger partial charge in [-0.15, -0.1) is 16.4 Å². The topological polar surface area (TPSA) is 103 Å². The van der Waals surface area contributed by atoms with Crippen LogP contribution in [0.3, 0.4) is 0 Å². The predicted molar refractivity (Wildman–Crippen MR) is 123 cm³/mol. The van der Waals surface area contributed by atoms with Crippen LogP contribution in [0.4, 0.5) is 11.6 Å². The Labute approximate surface area is 192 Å². The molecule has 0 saturated carbocycles. The van der Waals surface area contributed by atoms with E-state index < -0.39 is 12.0 Å². The van der Waals surface area contributed by atoms with Crippen LogP contribution in [0.25, 0.3) is 10.7 Å². The number of amides is 1. The van der Waals surface area contributed by atoms with Crippen molar-refractivity contribution in [2.24, 2.45) is 5.92 Å². The molecule has 1 aromatic carbocycles. The van der Waals surface area contributed by atoms with Gasteiger partial charge in [0, 0.05) is 11.9 Å². The van der Waals surface area contributed by atoms with E-state index in [1.54, 1.807) is 40.5 Å². The zero-order chi connectivity index (χ0) is 22.4. The van der Waals surface area contributed by atoms with Crippen LogP contribution in [0.2, 0.25) is 0 Å². The smallest absolute Gasteiger partial charge is 0.236 e. The van der Waals surface area contributed by atoms with Gasteiger partial charge < -0.3 is 20.1 Å². The first kappa shape index (κ1) is 19.5. The second kappa shape index (κ2) is 7.75. The summed E-state index contributed by atoms with van der Waals surface area (Å²) in [6.45, 7) is 4.32. The Morgan fingerprint density at radius 1 is 1.21 bits per heavy atom. The summed E-state index contributed by atoms with van der Waals surface area (Å²) in [4.78, 5) is 23.2. The number of hydrogen-bond acceptors (Lipinski definition) is 8. The number of benzene rings is 1. The van der Waals surface area contributed by atoms with Gasteiger partial charge in [0.1, 0.15) is 5.92 Å². The minimum atomic E-state index is -0.670. The molecule has 2 aliphatic rings. The quantitative estimate of drug-likeness (QED) is 0.478. The lowest BCUT2D eigenvalue weighted by atomic mass is 9.88. The highest BCUT2D eigenvalue weighted by atomic mass is 32.1. The van der Waals surface area contributed by atoms with Crippen molar-refractivity contribution in [3.05, 3.63) is 78.1 Å². The van der Waals surface area contributed by atoms with E-state index in [9.17, 15) is 4.79 Å². The predicted octanol–water partition coefficient (Wildman–Crippen LogP) is 3.91. The van der Waals surface area contributed by atoms with Gasteiger partial charge in [0.15, 0.2) is 17.3 Å². The number of aromatic nitrogens is 4. The number of hydrogen-bond donors (Lipinski definition) is 2. The van der Waals surface area contributed by atoms with Gasteiger partial charge in [-0.1, -0.05) is 18.7 Å². The number of thiophene rings is 1. The van der Waals surface area contributed by atoms with E-state index in [1.165, 1.54) is 0 Å². The van der Waals surface area contributed by atoms with Gasteiger partial charge in [-0.3, -0.25) is 9.78 Å². The number of anilines is 2. The van der Waals surface area contributed by atoms with E-state index in [0.717, 1.165) is 10.4 Å². The summed E-state index contributed by atoms with van der Waals surface area (Å²) in [6, 6.07) is 12.6. The Bertz CT molecular complexity index is 1350. The molecule has 0 spiro atoms. The van der Waals surface area contributed by atoms with Crippen molar-refractivity contribution in [2.45, 2.75) is 6.04 Å². The van der Waals surface area contributed by atoms with Gasteiger partial charge in [0.05, 0.1) is 22.8 Å². The number of pyridine rings is 1. The maximum Gasteiger partial charge on any atom is 0.236 e. The zero-order valence-corrected chi connectivity index (χ0v) is 18.1. The number of ether oxygens (including phenoxy) is 2. The molecule has 2 N–H and O–H groups in total. The summed E-state index contributed by atoms with van der Waals surface area (Å²) in [5, 5.41) is 12.9. The van der Waals surface area contributed by atoms with Crippen LogP contribution in [0.1, 0.15) is 11.6 Å². The number of nitrogens with one attached hydrogen (secondary N) is 2. The summed E-state index contributed by atoms with van der Waals surface area (Å²) < 4.78 is 12.8. The van der Waals surface area contributed by atoms with Crippen LogP contribution in [-0.4, -0.2) is 32.4 Å². The van der Waals surface area contributed by atoms with E-state index in [1.807, 2.05) is 35.7 Å². The van der Waals surface area contributed by atoms with Gasteiger partial charge in [-0.05, 0) is 41.3 Å². The van der Waals surface area contributed by atoms with E-state index in [2.05, 4.69) is 27.2 Å². The van der Waals surface area contributed by atoms with Gasteiger partial charge in [0.2, 0.25) is 18.6 Å². The van der Waals surface area contributed by atoms with Crippen LogP contribution in [-0.2, 0) is 4.79 Å². The molecule has 164 valence electrons. The molecule has 1 amide bonds. The molecule has 33 heavy (non-hydrogen) atoms. The molecule has 0 saturated heterocycles. The van der Waals surface area contributed by atoms with Crippen molar-refractivity contribution in [3.63, 3.8) is 0 Å². The standard InChI is InChI=1S/C23H18N6O3S/c1-13-19(22(30)26-15-4-2-8-24-11-15)20(14-6-7-16-17(10-14)32-12-31-16)29-23(25-13)27-21(28-29)18-5-3-9-33-18/h2-11,19-20H,1,12H2,(H,26,30)(H,25,27,28). The number of nitrogens with zero attached hydrogens (tertiary/aromatic N) is 4. The highest BCUT2D eigenvalue weighted by molar-refractivity contribution is 7.13. The molecule has 0 aliphatic carbocycles. The fourth-order valence-electron chi connectivity index (χ4n) is 4.05. The maximum atomic E-state index is 13.5. The first-order chi connectivity index (χ1) is 16.2. The fraction of sp³-hybridized carbons (Fsp3) is 0.130. The molecular formula is C23H18N6O3S. The third-order valence-electron chi connectivity index (χ3n) is 5.55. The molecule has 5 heterocycles. The largest absolute Gasteiger partial charge is 0.454 e. The summed E-state index contributed by atoms with van der Waals surface area (Å²) in [5.41, 5.74) is 1.96. The van der Waals surface area contributed by atoms with Gasteiger partial charge in [-0.2, -0.15) is 4.98 Å². The lowest BCUT2D eigenvalue weighted by Gasteiger charge is -2.33. The Morgan fingerprint density at radius 2 is 2.12 bits per heavy atom. The van der Waals surface area contributed by atoms with E-state index in [4.69, 9.17) is 14.6 Å². The third-order valence-corrected chi connectivity index (χ3v) is 6.42. The fourth-order valence-corrected chi connectivity index (χ4v) is 4.71. The normalized spacial score (nSPS) is 18.5. The summed E-state index contributed by atoms with van der Waals surface area (Å²) in [6.07, 6.45) is 3.25. The van der Waals surface area contributed by atoms with Crippen molar-refractivity contribution in [1.29, 1.82) is 0 Å². The highest BCUT2D eigenvalue weighted by Crippen LogP contribution is 2.42. The molecule has 9 nitrogen and oxygen atoms in total. The number of carbonyl (C=O) groups excluding carboxylic acids is 1. The monoisotopic (exact) mass is 458 g/mol. The molecule has 3 aromatic heterocycles. The lowest BCUT2D eigenvalue weighted by molar-refractivity contribution is -0.119. The minimum Gasteiger partial charge on any atom is -0.454 e. The summed E-state index contributed by atoms with van der Waals surface area (Å²) in [7, 11) is 0. The summed E-state index contributed by atoms with van der Waals surface area (Å²) in [5.74, 6) is 1.50. The lowest BCUT2D eigenvalue weighted by Crippen LogP contribution is -2.39. The first-order valence-electron chi connectivity index (χ1n) is 10.2. The average Bonchev–Trinajstić information content (AvgIpc) is 3.58.